The van der Waals surface area contributed by atoms with E-state index in [2.05, 4.69) is 40.5 Å². The van der Waals surface area contributed by atoms with Gasteiger partial charge in [0.2, 0.25) is 35.3 Å². The van der Waals surface area contributed by atoms with Crippen LogP contribution in [0.3, 0.4) is 0 Å². The van der Waals surface area contributed by atoms with Crippen molar-refractivity contribution >= 4 is 11.8 Å². The Morgan fingerprint density at radius 1 is 0.589 bits per heavy atom. The number of aliphatic hydroxyl groups excluding tert-OH is 2. The Bertz CT molecular complexity index is 2140. The number of aliphatic hydroxyl groups is 2. The van der Waals surface area contributed by atoms with E-state index in [1.165, 1.54) is 12.5 Å². The number of oxazole rings is 6. The van der Waals surface area contributed by atoms with Gasteiger partial charge in [0, 0.05) is 12.8 Å². The number of aromatic nitrogens is 6. The van der Waals surface area contributed by atoms with Gasteiger partial charge in [0.25, 0.3) is 11.8 Å². The second kappa shape index (κ2) is 16.8. The number of hydrogen-bond acceptors (Lipinski definition) is 18. The molecule has 7 heterocycles. The molecular weight excluding hydrogens is 732 g/mol. The summed E-state index contributed by atoms with van der Waals surface area (Å²) in [6.07, 6.45) is 5.92. The van der Waals surface area contributed by atoms with Crippen molar-refractivity contribution in [3.63, 3.8) is 0 Å². The third kappa shape index (κ3) is 7.89. The molecule has 2 atom stereocenters. The molecule has 0 fully saturated rings. The van der Waals surface area contributed by atoms with Crippen LogP contribution in [-0.2, 0) is 12.8 Å². The zero-order valence-corrected chi connectivity index (χ0v) is 30.8. The van der Waals surface area contributed by atoms with Gasteiger partial charge in [-0.3, -0.25) is 9.59 Å². The number of carbonyl (C=O) groups excluding carboxylic acids is 2. The average molecular weight is 775 g/mol. The highest BCUT2D eigenvalue weighted by molar-refractivity contribution is 5.93. The first-order valence-electron chi connectivity index (χ1n) is 18.3. The number of rotatable bonds is 12. The van der Waals surface area contributed by atoms with Crippen LogP contribution < -0.4 is 22.1 Å². The molecule has 7 rings (SSSR count). The summed E-state index contributed by atoms with van der Waals surface area (Å²) in [5.74, 6) is 0.361. The molecule has 20 heteroatoms. The highest BCUT2D eigenvalue weighted by Gasteiger charge is 2.31. The molecule has 20 nitrogen and oxygen atoms in total. The molecule has 12 bridgehead atoms. The lowest BCUT2D eigenvalue weighted by molar-refractivity contribution is 0.0913. The van der Waals surface area contributed by atoms with Crippen LogP contribution in [0.1, 0.15) is 106 Å². The molecule has 6 aromatic rings. The number of nitrogens with one attached hydrogen (secondary N) is 2. The van der Waals surface area contributed by atoms with Crippen molar-refractivity contribution in [2.45, 2.75) is 77.3 Å². The summed E-state index contributed by atoms with van der Waals surface area (Å²) in [7, 11) is 0. The molecule has 6 aromatic heterocycles. The zero-order valence-electron chi connectivity index (χ0n) is 30.8. The highest BCUT2D eigenvalue weighted by Crippen LogP contribution is 2.35. The van der Waals surface area contributed by atoms with Gasteiger partial charge in [-0.25, -0.2) is 29.9 Å². The van der Waals surface area contributed by atoms with Crippen LogP contribution in [0.15, 0.2) is 39.0 Å². The van der Waals surface area contributed by atoms with Crippen molar-refractivity contribution in [2.75, 3.05) is 26.3 Å². The second-order valence-electron chi connectivity index (χ2n) is 13.1. The Morgan fingerprint density at radius 3 is 1.41 bits per heavy atom. The van der Waals surface area contributed by atoms with Crippen LogP contribution in [0.2, 0.25) is 0 Å². The Morgan fingerprint density at radius 2 is 1.02 bits per heavy atom. The van der Waals surface area contributed by atoms with Gasteiger partial charge in [-0.05, 0) is 65.5 Å². The van der Waals surface area contributed by atoms with E-state index < -0.39 is 23.9 Å². The van der Waals surface area contributed by atoms with Crippen molar-refractivity contribution in [3.05, 3.63) is 58.7 Å². The fourth-order valence-electron chi connectivity index (χ4n) is 6.24. The fraction of sp³-hybridized carbons (Fsp3) is 0.444. The topological polar surface area (TPSA) is 307 Å². The first-order chi connectivity index (χ1) is 27.2. The molecular formula is C36H42N10O10. The lowest BCUT2D eigenvalue weighted by Gasteiger charge is -2.14. The van der Waals surface area contributed by atoms with Crippen LogP contribution in [0.25, 0.3) is 46.3 Å². The van der Waals surface area contributed by atoms with Crippen LogP contribution >= 0.6 is 0 Å². The van der Waals surface area contributed by atoms with Crippen LogP contribution in [0.5, 0.6) is 0 Å². The number of nitrogens with two attached hydrogens (primary N) is 2. The minimum absolute atomic E-state index is 0.00169. The molecule has 1 aliphatic rings. The Balaban J connectivity index is 1.34. The molecule has 8 N–H and O–H groups in total. The summed E-state index contributed by atoms with van der Waals surface area (Å²) < 4.78 is 35.7. The van der Waals surface area contributed by atoms with E-state index >= 15 is 0 Å². The van der Waals surface area contributed by atoms with Crippen molar-refractivity contribution in [1.29, 1.82) is 0 Å². The molecule has 0 saturated carbocycles. The van der Waals surface area contributed by atoms with Gasteiger partial charge in [-0.1, -0.05) is 0 Å². The SMILES string of the molecule is Cc1oc2nc1-c1nc(co1)C(=O)N[C@@H](CCCCN)c1nc(c(CCO)o1)-c1nc(c(C)o1)-c1nc(co1)C(=O)N[C@@H](CCCCN)c1nc-2c(CCO)o1. The minimum atomic E-state index is -0.750. The van der Waals surface area contributed by atoms with Gasteiger partial charge in [0.15, 0.2) is 34.2 Å². The second-order valence-corrected chi connectivity index (χ2v) is 13.1. The smallest absolute Gasteiger partial charge is 0.273 e. The van der Waals surface area contributed by atoms with E-state index in [-0.39, 0.29) is 107 Å². The molecule has 0 unspecified atom stereocenters. The predicted molar refractivity (Wildman–Crippen MR) is 192 cm³/mol. The van der Waals surface area contributed by atoms with E-state index in [0.717, 1.165) is 0 Å². The zero-order chi connectivity index (χ0) is 39.3. The van der Waals surface area contributed by atoms with Gasteiger partial charge in [-0.2, -0.15) is 0 Å². The highest BCUT2D eigenvalue weighted by atomic mass is 16.4. The fourth-order valence-corrected chi connectivity index (χ4v) is 6.24. The van der Waals surface area contributed by atoms with E-state index in [4.69, 9.17) is 38.0 Å². The summed E-state index contributed by atoms with van der Waals surface area (Å²) in [6.45, 7) is 3.63. The minimum Gasteiger partial charge on any atom is -0.442 e. The van der Waals surface area contributed by atoms with Crippen LogP contribution in [0, 0.1) is 13.8 Å². The quantitative estimate of drug-likeness (QED) is 0.0969. The normalized spacial score (nSPS) is 15.8. The van der Waals surface area contributed by atoms with Crippen molar-refractivity contribution in [2.24, 2.45) is 11.5 Å². The van der Waals surface area contributed by atoms with Gasteiger partial charge in [0.05, 0.1) is 13.2 Å². The van der Waals surface area contributed by atoms with Gasteiger partial charge in [0.1, 0.15) is 47.7 Å². The standard InChI is InChI=1S/C36H42N10O10/c1-17-25-33-41-21(15-51-33)29(49)39-20(8-4-6-12-38)32-46-28(24(56-32)10-14-48)36-44-26(18(2)54-36)34-42-22(16-52-34)30(50)40-19(7-3-5-11-37)31-45-27(35(43-25)53-17)23(55-31)9-13-47/h15-16,19-20,47-48H,3-14,37-38H2,1-2H3,(H,39,49)(H,40,50)/t19-,20-/m0/s1. The van der Waals surface area contributed by atoms with Gasteiger partial charge < -0.3 is 58.8 Å². The van der Waals surface area contributed by atoms with Crippen LogP contribution in [-0.4, -0.2) is 78.2 Å². The molecule has 56 heavy (non-hydrogen) atoms. The van der Waals surface area contributed by atoms with E-state index in [9.17, 15) is 19.8 Å². The maximum atomic E-state index is 13.7. The first-order valence-corrected chi connectivity index (χ1v) is 18.3. The van der Waals surface area contributed by atoms with Gasteiger partial charge in [-0.15, -0.1) is 0 Å². The predicted octanol–water partition coefficient (Wildman–Crippen LogP) is 3.48. The largest absolute Gasteiger partial charge is 0.442 e. The van der Waals surface area contributed by atoms with E-state index in [1.807, 2.05) is 0 Å². The average Bonchev–Trinajstić information content (AvgIpc) is 4.03. The summed E-state index contributed by atoms with van der Waals surface area (Å²) in [4.78, 5) is 54.7. The van der Waals surface area contributed by atoms with Crippen molar-refractivity contribution < 1.29 is 46.3 Å². The lowest BCUT2D eigenvalue weighted by Crippen LogP contribution is -2.29. The molecule has 0 saturated heterocycles. The van der Waals surface area contributed by atoms with E-state index in [0.29, 0.717) is 63.1 Å². The molecule has 0 spiro atoms. The Labute approximate surface area is 318 Å². The number of aryl methyl sites for hydroxylation is 2. The summed E-state index contributed by atoms with van der Waals surface area (Å²) in [6, 6.07) is -1.50. The monoisotopic (exact) mass is 774 g/mol. The number of nitrogens with zero attached hydrogens (tertiary/aromatic N) is 6. The number of carbonyl (C=O) groups is 2. The maximum absolute atomic E-state index is 13.7. The molecule has 0 aromatic carbocycles. The Kier molecular flexibility index (Phi) is 11.5. The molecule has 0 radical (unpaired) electrons. The summed E-state index contributed by atoms with van der Waals surface area (Å²) in [5, 5.41) is 25.6. The van der Waals surface area contributed by atoms with Crippen molar-refractivity contribution in [1.82, 2.24) is 40.5 Å². The van der Waals surface area contributed by atoms with E-state index in [1.54, 1.807) is 13.8 Å². The van der Waals surface area contributed by atoms with Crippen molar-refractivity contribution in [3.8, 4) is 46.3 Å². The number of amides is 2. The Hall–Kier alpha value is -5.96. The molecule has 1 aliphatic heterocycles. The number of unbranched alkanes of at least 4 members (excludes halogenated alkanes) is 2. The third-order valence-corrected chi connectivity index (χ3v) is 9.08. The van der Waals surface area contributed by atoms with Crippen LogP contribution in [0.4, 0.5) is 0 Å². The third-order valence-electron chi connectivity index (χ3n) is 9.08. The molecule has 2 amide bonds. The molecule has 296 valence electrons. The lowest BCUT2D eigenvalue weighted by atomic mass is 10.1. The molecule has 0 aliphatic carbocycles. The summed E-state index contributed by atoms with van der Waals surface area (Å²) in [5.41, 5.74) is 12.2. The summed E-state index contributed by atoms with van der Waals surface area (Å²) >= 11 is 0. The number of fused-ring (bicyclic) bond motifs is 16. The number of hydrogen-bond donors (Lipinski definition) is 6. The first kappa shape index (κ1) is 38.3. The maximum Gasteiger partial charge on any atom is 0.273 e. The van der Waals surface area contributed by atoms with Gasteiger partial charge >= 0.3 is 0 Å².